The summed E-state index contributed by atoms with van der Waals surface area (Å²) in [5, 5.41) is 4.80. The van der Waals surface area contributed by atoms with Gasteiger partial charge in [-0.3, -0.25) is 4.79 Å². The van der Waals surface area contributed by atoms with Crippen molar-refractivity contribution in [3.63, 3.8) is 0 Å². The molecule has 9 heteroatoms. The second kappa shape index (κ2) is 7.42. The molecule has 4 heterocycles. The number of benzene rings is 1. The molecule has 9 nitrogen and oxygen atoms in total. The minimum atomic E-state index is -0.512. The molecule has 0 atom stereocenters. The maximum atomic E-state index is 13.1. The number of carbonyl (C=O) groups excluding carboxylic acids is 1. The minimum Gasteiger partial charge on any atom is -0.490 e. The first-order valence-corrected chi connectivity index (χ1v) is 9.91. The Hall–Kier alpha value is -3.88. The van der Waals surface area contributed by atoms with E-state index in [4.69, 9.17) is 14.2 Å². The van der Waals surface area contributed by atoms with E-state index >= 15 is 0 Å². The summed E-state index contributed by atoms with van der Waals surface area (Å²) in [5.74, 6) is 0.894. The van der Waals surface area contributed by atoms with Crippen LogP contribution in [0.25, 0.3) is 16.6 Å². The number of fused-ring (bicyclic) bond motifs is 4. The summed E-state index contributed by atoms with van der Waals surface area (Å²) in [7, 11) is 1.31. The zero-order valence-electron chi connectivity index (χ0n) is 17.1. The van der Waals surface area contributed by atoms with E-state index in [1.54, 1.807) is 23.8 Å². The number of ether oxygens (including phenoxy) is 3. The van der Waals surface area contributed by atoms with Crippen molar-refractivity contribution >= 4 is 22.5 Å². The van der Waals surface area contributed by atoms with Crippen molar-refractivity contribution in [2.45, 2.75) is 19.9 Å². The number of esters is 1. The molecule has 0 fully saturated rings. The first-order chi connectivity index (χ1) is 15.1. The number of hydrogen-bond acceptors (Lipinski definition) is 7. The summed E-state index contributed by atoms with van der Waals surface area (Å²) in [6.07, 6.45) is 4.02. The highest BCUT2D eigenvalue weighted by atomic mass is 16.5. The molecule has 1 aromatic carbocycles. The number of aromatic nitrogens is 4. The zero-order valence-corrected chi connectivity index (χ0v) is 17.1. The number of nitrogens with zero attached hydrogens (tertiary/aromatic N) is 4. The van der Waals surface area contributed by atoms with Crippen molar-refractivity contribution in [2.75, 3.05) is 20.3 Å². The van der Waals surface area contributed by atoms with Gasteiger partial charge in [0.05, 0.1) is 43.5 Å². The van der Waals surface area contributed by atoms with E-state index in [-0.39, 0.29) is 5.56 Å². The average Bonchev–Trinajstić information content (AvgIpc) is 2.95. The quantitative estimate of drug-likeness (QED) is 0.469. The highest BCUT2D eigenvalue weighted by Gasteiger charge is 2.21. The summed E-state index contributed by atoms with van der Waals surface area (Å²) < 4.78 is 19.4. The van der Waals surface area contributed by atoms with Gasteiger partial charge >= 0.3 is 5.97 Å². The van der Waals surface area contributed by atoms with E-state index in [1.807, 2.05) is 18.2 Å². The Morgan fingerprint density at radius 2 is 2.00 bits per heavy atom. The maximum absolute atomic E-state index is 13.1. The number of rotatable bonds is 3. The largest absolute Gasteiger partial charge is 0.490 e. The highest BCUT2D eigenvalue weighted by molar-refractivity contribution is 5.98. The Morgan fingerprint density at radius 3 is 2.81 bits per heavy atom. The lowest BCUT2D eigenvalue weighted by Gasteiger charge is -2.11. The topological polar surface area (TPSA) is 97.0 Å². The van der Waals surface area contributed by atoms with Crippen molar-refractivity contribution in [2.24, 2.45) is 0 Å². The van der Waals surface area contributed by atoms with Gasteiger partial charge in [-0.2, -0.15) is 5.10 Å². The third kappa shape index (κ3) is 3.18. The van der Waals surface area contributed by atoms with Crippen LogP contribution in [0, 0.1) is 6.92 Å². The monoisotopic (exact) mass is 420 g/mol. The van der Waals surface area contributed by atoms with Crippen molar-refractivity contribution in [3.8, 4) is 11.5 Å². The second-order valence-electron chi connectivity index (χ2n) is 7.32. The molecule has 0 spiro atoms. The molecule has 0 N–H and O–H groups in total. The Bertz CT molecular complexity index is 1390. The Balaban J connectivity index is 1.56. The van der Waals surface area contributed by atoms with Crippen LogP contribution in [0.2, 0.25) is 0 Å². The highest BCUT2D eigenvalue weighted by Crippen LogP contribution is 2.30. The molecular weight excluding hydrogens is 400 g/mol. The standard InChI is InChI=1S/C22H20N4O5/c1-13-19(22(28)29-2)20-23-11-15-16(26(20)24-13)6-7-25(21(15)27)12-14-4-5-17-18(10-14)31-9-3-8-30-17/h4-7,10-11H,3,8-9,12H2,1-2H3. The molecule has 0 amide bonds. The van der Waals surface area contributed by atoms with Gasteiger partial charge in [-0.25, -0.2) is 14.3 Å². The Kier molecular flexibility index (Phi) is 4.58. The van der Waals surface area contributed by atoms with E-state index in [1.165, 1.54) is 17.8 Å². The predicted molar refractivity (Wildman–Crippen MR) is 112 cm³/mol. The van der Waals surface area contributed by atoms with Gasteiger partial charge in [-0.05, 0) is 30.7 Å². The summed E-state index contributed by atoms with van der Waals surface area (Å²) in [4.78, 5) is 29.6. The van der Waals surface area contributed by atoms with E-state index in [0.29, 0.717) is 59.1 Å². The van der Waals surface area contributed by atoms with Crippen LogP contribution in [0.1, 0.15) is 28.0 Å². The van der Waals surface area contributed by atoms with Gasteiger partial charge in [0.25, 0.3) is 5.56 Å². The molecule has 1 aliphatic rings. The van der Waals surface area contributed by atoms with Crippen LogP contribution in [0.4, 0.5) is 0 Å². The molecule has 0 unspecified atom stereocenters. The van der Waals surface area contributed by atoms with Gasteiger partial charge in [0.2, 0.25) is 0 Å². The van der Waals surface area contributed by atoms with E-state index in [9.17, 15) is 9.59 Å². The molecule has 4 aromatic rings. The SMILES string of the molecule is COC(=O)c1c(C)nn2c1ncc1c(=O)n(Cc3ccc4c(c3)OCCCO4)ccc12. The van der Waals surface area contributed by atoms with Crippen LogP contribution < -0.4 is 15.0 Å². The lowest BCUT2D eigenvalue weighted by atomic mass is 10.2. The smallest absolute Gasteiger partial charge is 0.343 e. The van der Waals surface area contributed by atoms with Gasteiger partial charge in [0.1, 0.15) is 5.56 Å². The van der Waals surface area contributed by atoms with Crippen LogP contribution in [-0.4, -0.2) is 45.5 Å². The molecule has 0 saturated carbocycles. The molecular formula is C22H20N4O5. The molecule has 158 valence electrons. The van der Waals surface area contributed by atoms with Gasteiger partial charge in [0, 0.05) is 18.8 Å². The molecule has 0 aliphatic carbocycles. The van der Waals surface area contributed by atoms with Crippen LogP contribution >= 0.6 is 0 Å². The number of methoxy groups -OCH3 is 1. The maximum Gasteiger partial charge on any atom is 0.343 e. The zero-order chi connectivity index (χ0) is 21.5. The first kappa shape index (κ1) is 19.1. The number of pyridine rings is 1. The summed E-state index contributed by atoms with van der Waals surface area (Å²) >= 11 is 0. The molecule has 1 aliphatic heterocycles. The molecule has 0 saturated heterocycles. The normalized spacial score (nSPS) is 13.4. The lowest BCUT2D eigenvalue weighted by molar-refractivity contribution is 0.0602. The van der Waals surface area contributed by atoms with Crippen LogP contribution in [0.15, 0.2) is 41.5 Å². The average molecular weight is 420 g/mol. The molecule has 0 radical (unpaired) electrons. The fraction of sp³-hybridized carbons (Fsp3) is 0.273. The van der Waals surface area contributed by atoms with E-state index in [2.05, 4.69) is 10.1 Å². The van der Waals surface area contributed by atoms with E-state index < -0.39 is 5.97 Å². The van der Waals surface area contributed by atoms with Crippen LogP contribution in [-0.2, 0) is 11.3 Å². The van der Waals surface area contributed by atoms with Crippen LogP contribution in [0.5, 0.6) is 11.5 Å². The Morgan fingerprint density at radius 1 is 1.19 bits per heavy atom. The molecule has 0 bridgehead atoms. The van der Waals surface area contributed by atoms with Gasteiger partial charge < -0.3 is 18.8 Å². The fourth-order valence-electron chi connectivity index (χ4n) is 3.78. The van der Waals surface area contributed by atoms with Gasteiger partial charge in [-0.15, -0.1) is 0 Å². The fourth-order valence-corrected chi connectivity index (χ4v) is 3.78. The number of carbonyl (C=O) groups is 1. The van der Waals surface area contributed by atoms with Crippen LogP contribution in [0.3, 0.4) is 0 Å². The lowest BCUT2D eigenvalue weighted by Crippen LogP contribution is -2.21. The Labute approximate surface area is 176 Å². The van der Waals surface area contributed by atoms with Crippen molar-refractivity contribution in [1.82, 2.24) is 19.2 Å². The first-order valence-electron chi connectivity index (χ1n) is 9.91. The second-order valence-corrected chi connectivity index (χ2v) is 7.32. The van der Waals surface area contributed by atoms with Gasteiger partial charge in [-0.1, -0.05) is 6.07 Å². The molecule has 3 aromatic heterocycles. The summed E-state index contributed by atoms with van der Waals surface area (Å²) in [6.45, 7) is 3.31. The number of aryl methyl sites for hydroxylation is 1. The summed E-state index contributed by atoms with van der Waals surface area (Å²) in [6, 6.07) is 7.49. The third-order valence-electron chi connectivity index (χ3n) is 5.31. The minimum absolute atomic E-state index is 0.202. The molecule has 5 rings (SSSR count). The van der Waals surface area contributed by atoms with Crippen molar-refractivity contribution in [3.05, 3.63) is 63.8 Å². The summed E-state index contributed by atoms with van der Waals surface area (Å²) in [5.41, 5.74) is 2.43. The van der Waals surface area contributed by atoms with Gasteiger partial charge in [0.15, 0.2) is 17.1 Å². The van der Waals surface area contributed by atoms with E-state index in [0.717, 1.165) is 12.0 Å². The number of hydrogen-bond donors (Lipinski definition) is 0. The molecule has 31 heavy (non-hydrogen) atoms. The van der Waals surface area contributed by atoms with Crippen molar-refractivity contribution < 1.29 is 19.0 Å². The van der Waals surface area contributed by atoms with Crippen molar-refractivity contribution in [1.29, 1.82) is 0 Å². The predicted octanol–water partition coefficient (Wildman–Crippen LogP) is 2.35. The third-order valence-corrected chi connectivity index (χ3v) is 5.31.